The van der Waals surface area contributed by atoms with Crippen molar-refractivity contribution in [2.75, 3.05) is 13.2 Å². The first-order valence-electron chi connectivity index (χ1n) is 7.05. The molecule has 2 atom stereocenters. The van der Waals surface area contributed by atoms with Crippen LogP contribution in [0.3, 0.4) is 0 Å². The summed E-state index contributed by atoms with van der Waals surface area (Å²) in [6.07, 6.45) is -0.00148. The molecule has 1 saturated carbocycles. The summed E-state index contributed by atoms with van der Waals surface area (Å²) in [5, 5.41) is 0. The highest BCUT2D eigenvalue weighted by atomic mass is 19.1. The van der Waals surface area contributed by atoms with Crippen molar-refractivity contribution in [1.29, 1.82) is 0 Å². The SMILES string of the molecule is CCOC(=O)C1(C(=O)OCC)[C@@H](c2ccccc2)[C@@]1(F)C=O. The molecule has 2 rings (SSSR count). The third-order valence-corrected chi connectivity index (χ3v) is 3.87. The number of carbonyl (C=O) groups is 3. The third-order valence-electron chi connectivity index (χ3n) is 3.87. The van der Waals surface area contributed by atoms with Gasteiger partial charge in [0.2, 0.25) is 11.1 Å². The first kappa shape index (κ1) is 16.1. The lowest BCUT2D eigenvalue weighted by Crippen LogP contribution is -2.37. The minimum atomic E-state index is -2.66. The van der Waals surface area contributed by atoms with E-state index in [1.54, 1.807) is 30.3 Å². The Labute approximate surface area is 127 Å². The summed E-state index contributed by atoms with van der Waals surface area (Å²) in [6.45, 7) is 3.02. The van der Waals surface area contributed by atoms with E-state index in [1.807, 2.05) is 0 Å². The normalized spacial score (nSPS) is 25.1. The molecule has 1 aromatic carbocycles. The van der Waals surface area contributed by atoms with E-state index in [1.165, 1.54) is 13.8 Å². The molecule has 0 unspecified atom stereocenters. The zero-order chi connectivity index (χ0) is 16.4. The summed E-state index contributed by atoms with van der Waals surface area (Å²) in [7, 11) is 0. The number of aldehydes is 1. The van der Waals surface area contributed by atoms with Crippen molar-refractivity contribution < 1.29 is 28.2 Å². The van der Waals surface area contributed by atoms with Gasteiger partial charge in [0.15, 0.2) is 6.29 Å². The molecule has 1 aromatic rings. The first-order valence-corrected chi connectivity index (χ1v) is 7.05. The highest BCUT2D eigenvalue weighted by Gasteiger charge is 2.89. The lowest BCUT2D eigenvalue weighted by Gasteiger charge is -2.15. The molecule has 0 N–H and O–H groups in total. The van der Waals surface area contributed by atoms with Gasteiger partial charge in [0, 0.05) is 0 Å². The molecule has 0 aliphatic heterocycles. The van der Waals surface area contributed by atoms with Crippen LogP contribution in [0.2, 0.25) is 0 Å². The van der Waals surface area contributed by atoms with Crippen molar-refractivity contribution in [3.8, 4) is 0 Å². The fraction of sp³-hybridized carbons (Fsp3) is 0.438. The fourth-order valence-corrected chi connectivity index (χ4v) is 2.88. The highest BCUT2D eigenvalue weighted by Crippen LogP contribution is 2.70. The van der Waals surface area contributed by atoms with E-state index in [-0.39, 0.29) is 19.5 Å². The molecule has 0 spiro atoms. The van der Waals surface area contributed by atoms with Crippen molar-refractivity contribution in [2.45, 2.75) is 25.4 Å². The van der Waals surface area contributed by atoms with Gasteiger partial charge in [-0.2, -0.15) is 0 Å². The number of rotatable bonds is 6. The predicted molar refractivity (Wildman–Crippen MR) is 74.8 cm³/mol. The van der Waals surface area contributed by atoms with Crippen molar-refractivity contribution in [3.63, 3.8) is 0 Å². The van der Waals surface area contributed by atoms with Crippen LogP contribution in [0.15, 0.2) is 30.3 Å². The number of benzene rings is 1. The third kappa shape index (κ3) is 2.01. The molecule has 0 heterocycles. The molecule has 0 aromatic heterocycles. The molecule has 0 radical (unpaired) electrons. The van der Waals surface area contributed by atoms with Crippen molar-refractivity contribution >= 4 is 18.2 Å². The smallest absolute Gasteiger partial charge is 0.328 e. The summed E-state index contributed by atoms with van der Waals surface area (Å²) in [5.74, 6) is -3.38. The van der Waals surface area contributed by atoms with Gasteiger partial charge < -0.3 is 9.47 Å². The number of halogens is 1. The van der Waals surface area contributed by atoms with Crippen LogP contribution in [0.1, 0.15) is 25.3 Å². The Hall–Kier alpha value is -2.24. The Morgan fingerprint density at radius 1 is 1.14 bits per heavy atom. The van der Waals surface area contributed by atoms with Gasteiger partial charge in [-0.1, -0.05) is 30.3 Å². The van der Waals surface area contributed by atoms with Crippen LogP contribution in [-0.2, 0) is 23.9 Å². The van der Waals surface area contributed by atoms with Gasteiger partial charge >= 0.3 is 11.9 Å². The molecule has 1 aliphatic carbocycles. The zero-order valence-electron chi connectivity index (χ0n) is 12.4. The second-order valence-electron chi connectivity index (χ2n) is 4.98. The minimum absolute atomic E-state index is 0.00148. The van der Waals surface area contributed by atoms with Gasteiger partial charge in [0.05, 0.1) is 19.1 Å². The molecular weight excluding hydrogens is 291 g/mol. The minimum Gasteiger partial charge on any atom is -0.465 e. The van der Waals surface area contributed by atoms with E-state index in [2.05, 4.69) is 0 Å². The molecular formula is C16H17FO5. The topological polar surface area (TPSA) is 69.7 Å². The highest BCUT2D eigenvalue weighted by molar-refractivity contribution is 6.13. The van der Waals surface area contributed by atoms with E-state index >= 15 is 4.39 Å². The fourth-order valence-electron chi connectivity index (χ4n) is 2.88. The predicted octanol–water partition coefficient (Wildman–Crippen LogP) is 1.80. The average molecular weight is 308 g/mol. The summed E-state index contributed by atoms with van der Waals surface area (Å²) in [4.78, 5) is 35.9. The number of alkyl halides is 1. The summed E-state index contributed by atoms with van der Waals surface area (Å²) in [5.41, 5.74) is -4.55. The molecule has 1 fully saturated rings. The van der Waals surface area contributed by atoms with Crippen LogP contribution in [0.5, 0.6) is 0 Å². The number of hydrogen-bond acceptors (Lipinski definition) is 5. The number of esters is 2. The molecule has 6 heteroatoms. The van der Waals surface area contributed by atoms with E-state index in [0.717, 1.165) is 0 Å². The van der Waals surface area contributed by atoms with Crippen LogP contribution in [0, 0.1) is 5.41 Å². The van der Waals surface area contributed by atoms with Gasteiger partial charge in [-0.05, 0) is 19.4 Å². The van der Waals surface area contributed by atoms with Crippen LogP contribution in [0.25, 0.3) is 0 Å². The van der Waals surface area contributed by atoms with Crippen LogP contribution < -0.4 is 0 Å². The quantitative estimate of drug-likeness (QED) is 0.455. The Bertz CT molecular complexity index is 567. The maximum absolute atomic E-state index is 15.1. The Balaban J connectivity index is 2.54. The van der Waals surface area contributed by atoms with Crippen LogP contribution in [-0.4, -0.2) is 37.1 Å². The van der Waals surface area contributed by atoms with E-state index < -0.39 is 28.9 Å². The van der Waals surface area contributed by atoms with E-state index in [0.29, 0.717) is 5.56 Å². The van der Waals surface area contributed by atoms with Crippen LogP contribution >= 0.6 is 0 Å². The maximum Gasteiger partial charge on any atom is 0.328 e. The molecule has 5 nitrogen and oxygen atoms in total. The zero-order valence-corrected chi connectivity index (χ0v) is 12.4. The maximum atomic E-state index is 15.1. The van der Waals surface area contributed by atoms with Crippen molar-refractivity contribution in [3.05, 3.63) is 35.9 Å². The van der Waals surface area contributed by atoms with Crippen LogP contribution in [0.4, 0.5) is 4.39 Å². The second kappa shape index (κ2) is 5.87. The van der Waals surface area contributed by atoms with Gasteiger partial charge in [0.1, 0.15) is 0 Å². The Kier molecular flexibility index (Phi) is 4.30. The Morgan fingerprint density at radius 3 is 2.05 bits per heavy atom. The Morgan fingerprint density at radius 2 is 1.64 bits per heavy atom. The largest absolute Gasteiger partial charge is 0.465 e. The number of hydrogen-bond donors (Lipinski definition) is 0. The van der Waals surface area contributed by atoms with Gasteiger partial charge in [-0.25, -0.2) is 4.39 Å². The molecule has 0 bridgehead atoms. The van der Waals surface area contributed by atoms with Gasteiger partial charge in [-0.3, -0.25) is 14.4 Å². The molecule has 118 valence electrons. The molecule has 0 saturated heterocycles. The van der Waals surface area contributed by atoms with Crippen molar-refractivity contribution in [2.24, 2.45) is 5.41 Å². The van der Waals surface area contributed by atoms with E-state index in [4.69, 9.17) is 9.47 Å². The molecule has 22 heavy (non-hydrogen) atoms. The second-order valence-corrected chi connectivity index (χ2v) is 4.98. The summed E-state index contributed by atoms with van der Waals surface area (Å²) < 4.78 is 24.8. The lowest BCUT2D eigenvalue weighted by atomic mass is 9.98. The first-order chi connectivity index (χ1) is 10.5. The lowest BCUT2D eigenvalue weighted by molar-refractivity contribution is -0.167. The number of carbonyl (C=O) groups excluding carboxylic acids is 3. The molecule has 1 aliphatic rings. The average Bonchev–Trinajstić information content (AvgIpc) is 3.11. The van der Waals surface area contributed by atoms with Gasteiger partial charge in [-0.15, -0.1) is 0 Å². The van der Waals surface area contributed by atoms with E-state index in [9.17, 15) is 14.4 Å². The standard InChI is InChI=1S/C16H17FO5/c1-3-21-13(19)16(14(20)22-4-2)12(15(16,17)10-18)11-8-6-5-7-9-11/h5-10,12H,3-4H2,1-2H3/t12-,15-/m0/s1. The summed E-state index contributed by atoms with van der Waals surface area (Å²) >= 11 is 0. The van der Waals surface area contributed by atoms with Gasteiger partial charge in [0.25, 0.3) is 0 Å². The van der Waals surface area contributed by atoms with Crippen molar-refractivity contribution in [1.82, 2.24) is 0 Å². The number of ether oxygens (including phenoxy) is 2. The molecule has 0 amide bonds. The summed E-state index contributed by atoms with van der Waals surface area (Å²) in [6, 6.07) is 8.11. The monoisotopic (exact) mass is 308 g/mol.